The highest BCUT2D eigenvalue weighted by molar-refractivity contribution is 6.28. The van der Waals surface area contributed by atoms with Crippen molar-refractivity contribution in [1.82, 2.24) is 5.32 Å². The van der Waals surface area contributed by atoms with Crippen molar-refractivity contribution < 1.29 is 9.15 Å². The number of rotatable bonds is 6. The molecule has 1 aromatic heterocycles. The molecule has 0 saturated carbocycles. The van der Waals surface area contributed by atoms with Gasteiger partial charge in [-0.15, -0.1) is 0 Å². The van der Waals surface area contributed by atoms with E-state index in [-0.39, 0.29) is 0 Å². The molecule has 1 N–H and O–H groups in total. The van der Waals surface area contributed by atoms with Gasteiger partial charge in [0.2, 0.25) is 0 Å². The summed E-state index contributed by atoms with van der Waals surface area (Å²) in [4.78, 5) is 0. The molecule has 0 aliphatic carbocycles. The molecule has 0 spiro atoms. The van der Waals surface area contributed by atoms with E-state index in [2.05, 4.69) is 19.2 Å². The molecule has 1 rings (SSSR count). The number of hydrogen-bond donors (Lipinski definition) is 1. The highest BCUT2D eigenvalue weighted by atomic mass is 35.5. The lowest BCUT2D eigenvalue weighted by atomic mass is 10.1. The molecule has 0 aliphatic rings. The molecule has 1 heterocycles. The molecule has 3 nitrogen and oxygen atoms in total. The molecule has 0 aromatic carbocycles. The second kappa shape index (κ2) is 6.16. The topological polar surface area (TPSA) is 34.4 Å². The fourth-order valence-corrected chi connectivity index (χ4v) is 1.51. The number of ether oxygens (including phenoxy) is 1. The van der Waals surface area contributed by atoms with Gasteiger partial charge in [0.15, 0.2) is 5.22 Å². The zero-order chi connectivity index (χ0) is 11.3. The first-order chi connectivity index (χ1) is 7.13. The van der Waals surface area contributed by atoms with Crippen LogP contribution in [0, 0.1) is 5.92 Å². The third-order valence-corrected chi connectivity index (χ3v) is 2.52. The van der Waals surface area contributed by atoms with Crippen LogP contribution >= 0.6 is 11.6 Å². The number of methoxy groups -OCH3 is 1. The van der Waals surface area contributed by atoms with Gasteiger partial charge in [0.05, 0.1) is 13.2 Å². The fraction of sp³-hybridized carbons (Fsp3) is 0.636. The van der Waals surface area contributed by atoms with Gasteiger partial charge in [-0.05, 0) is 29.7 Å². The van der Waals surface area contributed by atoms with E-state index >= 15 is 0 Å². The summed E-state index contributed by atoms with van der Waals surface area (Å²) < 4.78 is 10.4. The number of furan rings is 1. The summed E-state index contributed by atoms with van der Waals surface area (Å²) >= 11 is 5.68. The summed E-state index contributed by atoms with van der Waals surface area (Å²) in [6.45, 7) is 5.70. The summed E-state index contributed by atoms with van der Waals surface area (Å²) in [5.74, 6) is 1.37. The van der Waals surface area contributed by atoms with E-state index in [0.29, 0.717) is 30.3 Å². The molecule has 0 bridgehead atoms. The van der Waals surface area contributed by atoms with Crippen molar-refractivity contribution >= 4 is 11.6 Å². The molecule has 0 aliphatic heterocycles. The Morgan fingerprint density at radius 2 is 2.20 bits per heavy atom. The van der Waals surface area contributed by atoms with Crippen LogP contribution in [0.3, 0.4) is 0 Å². The Morgan fingerprint density at radius 1 is 1.47 bits per heavy atom. The Kier molecular flexibility index (Phi) is 5.15. The zero-order valence-corrected chi connectivity index (χ0v) is 10.2. The highest BCUT2D eigenvalue weighted by Crippen LogP contribution is 2.13. The van der Waals surface area contributed by atoms with Gasteiger partial charge in [-0.25, -0.2) is 0 Å². The molecular formula is C11H18ClNO2. The molecule has 0 amide bonds. The first-order valence-electron chi connectivity index (χ1n) is 5.10. The minimum absolute atomic E-state index is 0.332. The van der Waals surface area contributed by atoms with Crippen LogP contribution in [0.25, 0.3) is 0 Å². The highest BCUT2D eigenvalue weighted by Gasteiger charge is 2.12. The van der Waals surface area contributed by atoms with E-state index in [9.17, 15) is 0 Å². The average molecular weight is 232 g/mol. The van der Waals surface area contributed by atoms with Gasteiger partial charge in [-0.1, -0.05) is 13.8 Å². The van der Waals surface area contributed by atoms with Crippen molar-refractivity contribution in [3.05, 3.63) is 23.1 Å². The number of nitrogens with one attached hydrogen (secondary N) is 1. The van der Waals surface area contributed by atoms with Gasteiger partial charge < -0.3 is 14.5 Å². The van der Waals surface area contributed by atoms with Crippen molar-refractivity contribution in [1.29, 1.82) is 0 Å². The van der Waals surface area contributed by atoms with Crippen LogP contribution in [0.1, 0.15) is 19.6 Å². The van der Waals surface area contributed by atoms with Crippen molar-refractivity contribution in [2.45, 2.75) is 26.4 Å². The molecule has 15 heavy (non-hydrogen) atoms. The van der Waals surface area contributed by atoms with Crippen LogP contribution in [-0.4, -0.2) is 19.8 Å². The average Bonchev–Trinajstić information content (AvgIpc) is 2.58. The van der Waals surface area contributed by atoms with Gasteiger partial charge in [-0.2, -0.15) is 0 Å². The minimum atomic E-state index is 0.332. The van der Waals surface area contributed by atoms with E-state index in [1.165, 1.54) is 0 Å². The van der Waals surface area contributed by atoms with Gasteiger partial charge in [0, 0.05) is 13.2 Å². The van der Waals surface area contributed by atoms with E-state index in [4.69, 9.17) is 20.8 Å². The summed E-state index contributed by atoms with van der Waals surface area (Å²) in [5.41, 5.74) is 0. The summed E-state index contributed by atoms with van der Waals surface area (Å²) in [6.07, 6.45) is 0. The van der Waals surface area contributed by atoms with Crippen molar-refractivity contribution in [2.75, 3.05) is 13.7 Å². The maximum atomic E-state index is 5.68. The third kappa shape index (κ3) is 4.24. The lowest BCUT2D eigenvalue weighted by molar-refractivity contribution is 0.145. The van der Waals surface area contributed by atoms with Crippen LogP contribution < -0.4 is 5.32 Å². The predicted molar refractivity (Wildman–Crippen MR) is 61.1 cm³/mol. The van der Waals surface area contributed by atoms with Crippen LogP contribution in [0.5, 0.6) is 0 Å². The Balaban J connectivity index is 2.39. The van der Waals surface area contributed by atoms with E-state index in [1.54, 1.807) is 13.2 Å². The van der Waals surface area contributed by atoms with Crippen molar-refractivity contribution in [2.24, 2.45) is 5.92 Å². The molecule has 0 saturated heterocycles. The molecule has 1 aromatic rings. The van der Waals surface area contributed by atoms with Crippen molar-refractivity contribution in [3.63, 3.8) is 0 Å². The Hall–Kier alpha value is -0.510. The summed E-state index contributed by atoms with van der Waals surface area (Å²) in [7, 11) is 1.71. The Morgan fingerprint density at radius 3 is 2.67 bits per heavy atom. The van der Waals surface area contributed by atoms with Crippen molar-refractivity contribution in [3.8, 4) is 0 Å². The van der Waals surface area contributed by atoms with E-state index in [0.717, 1.165) is 5.76 Å². The smallest absolute Gasteiger partial charge is 0.193 e. The fourth-order valence-electron chi connectivity index (χ4n) is 1.35. The Labute approximate surface area is 95.7 Å². The molecule has 0 radical (unpaired) electrons. The van der Waals surface area contributed by atoms with Gasteiger partial charge in [0.25, 0.3) is 0 Å². The predicted octanol–water partition coefficient (Wildman–Crippen LogP) is 2.69. The number of hydrogen-bond acceptors (Lipinski definition) is 3. The van der Waals surface area contributed by atoms with Gasteiger partial charge in [-0.3, -0.25) is 0 Å². The molecule has 1 atom stereocenters. The minimum Gasteiger partial charge on any atom is -0.448 e. The normalized spacial score (nSPS) is 13.4. The Bertz CT molecular complexity index is 286. The molecular weight excluding hydrogens is 214 g/mol. The zero-order valence-electron chi connectivity index (χ0n) is 9.42. The second-order valence-corrected chi connectivity index (χ2v) is 4.27. The lowest BCUT2D eigenvalue weighted by Crippen LogP contribution is -2.37. The molecule has 0 fully saturated rings. The molecule has 1 unspecified atom stereocenters. The van der Waals surface area contributed by atoms with Gasteiger partial charge in [0.1, 0.15) is 5.76 Å². The van der Waals surface area contributed by atoms with Gasteiger partial charge >= 0.3 is 0 Å². The SMILES string of the molecule is COCC(NCc1ccc(Cl)o1)C(C)C. The van der Waals surface area contributed by atoms with E-state index < -0.39 is 0 Å². The van der Waals surface area contributed by atoms with Crippen LogP contribution in [-0.2, 0) is 11.3 Å². The van der Waals surface area contributed by atoms with Crippen LogP contribution in [0.4, 0.5) is 0 Å². The molecule has 4 heteroatoms. The first kappa shape index (κ1) is 12.6. The maximum absolute atomic E-state index is 5.68. The second-order valence-electron chi connectivity index (χ2n) is 3.89. The number of halogens is 1. The quantitative estimate of drug-likeness (QED) is 0.818. The molecule has 86 valence electrons. The summed E-state index contributed by atoms with van der Waals surface area (Å²) in [6, 6.07) is 3.96. The van der Waals surface area contributed by atoms with Crippen LogP contribution in [0.2, 0.25) is 5.22 Å². The largest absolute Gasteiger partial charge is 0.448 e. The lowest BCUT2D eigenvalue weighted by Gasteiger charge is -2.20. The third-order valence-electron chi connectivity index (χ3n) is 2.32. The monoisotopic (exact) mass is 231 g/mol. The maximum Gasteiger partial charge on any atom is 0.193 e. The first-order valence-corrected chi connectivity index (χ1v) is 5.47. The standard InChI is InChI=1S/C11H18ClNO2/c1-8(2)10(7-14-3)13-6-9-4-5-11(12)15-9/h4-5,8,10,13H,6-7H2,1-3H3. The van der Waals surface area contributed by atoms with E-state index in [1.807, 2.05) is 6.07 Å². The van der Waals surface area contributed by atoms with Crippen LogP contribution in [0.15, 0.2) is 16.5 Å². The summed E-state index contributed by atoms with van der Waals surface area (Å²) in [5, 5.41) is 3.80.